The summed E-state index contributed by atoms with van der Waals surface area (Å²) in [5.41, 5.74) is 0.741. The number of nitro benzene ring substituents is 1. The van der Waals surface area contributed by atoms with Gasteiger partial charge in [-0.05, 0) is 25.8 Å². The van der Waals surface area contributed by atoms with Gasteiger partial charge in [-0.2, -0.15) is 4.98 Å². The molecule has 0 aliphatic heterocycles. The van der Waals surface area contributed by atoms with E-state index in [1.165, 1.54) is 6.07 Å². The van der Waals surface area contributed by atoms with Crippen LogP contribution in [0.3, 0.4) is 0 Å². The second-order valence-corrected chi connectivity index (χ2v) is 4.59. The number of hydrogen-bond acceptors (Lipinski definition) is 5. The summed E-state index contributed by atoms with van der Waals surface area (Å²) in [6.45, 7) is 2.07. The highest BCUT2D eigenvalue weighted by Crippen LogP contribution is 2.39. The molecule has 0 unspecified atom stereocenters. The second-order valence-electron chi connectivity index (χ2n) is 4.59. The standard InChI is InChI=1S/C11H11N3O3/c1-11(5-6-11)13-10-12-9-7(14(15)16)3-2-4-8(9)17-10/h2-4H,5-6H2,1H3,(H,12,13). The Morgan fingerprint density at radius 1 is 1.53 bits per heavy atom. The summed E-state index contributed by atoms with van der Waals surface area (Å²) in [4.78, 5) is 14.5. The average Bonchev–Trinajstić information content (AvgIpc) is 2.86. The second kappa shape index (κ2) is 3.19. The van der Waals surface area contributed by atoms with E-state index < -0.39 is 4.92 Å². The van der Waals surface area contributed by atoms with Gasteiger partial charge in [0.2, 0.25) is 0 Å². The number of aromatic nitrogens is 1. The average molecular weight is 233 g/mol. The van der Waals surface area contributed by atoms with Gasteiger partial charge in [-0.15, -0.1) is 0 Å². The fourth-order valence-electron chi connectivity index (χ4n) is 1.71. The maximum absolute atomic E-state index is 10.8. The van der Waals surface area contributed by atoms with Crippen molar-refractivity contribution in [3.05, 3.63) is 28.3 Å². The van der Waals surface area contributed by atoms with Crippen LogP contribution in [0.25, 0.3) is 11.1 Å². The Hall–Kier alpha value is -2.11. The molecule has 1 N–H and O–H groups in total. The van der Waals surface area contributed by atoms with E-state index in [0.717, 1.165) is 12.8 Å². The molecule has 0 radical (unpaired) electrons. The zero-order valence-electron chi connectivity index (χ0n) is 9.27. The maximum Gasteiger partial charge on any atom is 0.298 e. The van der Waals surface area contributed by atoms with Gasteiger partial charge in [0.05, 0.1) is 4.92 Å². The number of nitrogens with zero attached hydrogens (tertiary/aromatic N) is 2. The number of rotatable bonds is 3. The van der Waals surface area contributed by atoms with Crippen LogP contribution < -0.4 is 5.32 Å². The van der Waals surface area contributed by atoms with E-state index in [9.17, 15) is 10.1 Å². The van der Waals surface area contributed by atoms with Crippen LogP contribution in [-0.4, -0.2) is 15.4 Å². The molecule has 2 aromatic rings. The van der Waals surface area contributed by atoms with Gasteiger partial charge in [0.15, 0.2) is 11.1 Å². The van der Waals surface area contributed by atoms with Crippen molar-refractivity contribution in [1.29, 1.82) is 0 Å². The Kier molecular flexibility index (Phi) is 1.89. The third kappa shape index (κ3) is 1.71. The zero-order valence-corrected chi connectivity index (χ0v) is 9.27. The normalized spacial score (nSPS) is 17.0. The number of oxazole rings is 1. The predicted octanol–water partition coefficient (Wildman–Crippen LogP) is 2.70. The van der Waals surface area contributed by atoms with Gasteiger partial charge in [0.1, 0.15) is 0 Å². The van der Waals surface area contributed by atoms with Crippen molar-refractivity contribution in [2.24, 2.45) is 0 Å². The van der Waals surface area contributed by atoms with E-state index in [4.69, 9.17) is 4.42 Å². The molecule has 6 heteroatoms. The number of non-ortho nitro benzene ring substituents is 1. The van der Waals surface area contributed by atoms with Crippen LogP contribution in [0.5, 0.6) is 0 Å². The first kappa shape index (κ1) is 10.1. The van der Waals surface area contributed by atoms with Gasteiger partial charge in [-0.1, -0.05) is 6.07 Å². The minimum absolute atomic E-state index is 0.0275. The van der Waals surface area contributed by atoms with Crippen LogP contribution >= 0.6 is 0 Å². The number of hydrogen-bond donors (Lipinski definition) is 1. The van der Waals surface area contributed by atoms with Gasteiger partial charge in [0, 0.05) is 11.6 Å². The smallest absolute Gasteiger partial charge is 0.298 e. The van der Waals surface area contributed by atoms with Crippen molar-refractivity contribution in [3.8, 4) is 0 Å². The van der Waals surface area contributed by atoms with Gasteiger partial charge in [-0.25, -0.2) is 0 Å². The third-order valence-corrected chi connectivity index (χ3v) is 3.00. The Morgan fingerprint density at radius 3 is 2.94 bits per heavy atom. The molecule has 0 atom stereocenters. The summed E-state index contributed by atoms with van der Waals surface area (Å²) >= 11 is 0. The van der Waals surface area contributed by atoms with Crippen molar-refractivity contribution >= 4 is 22.8 Å². The number of nitro groups is 1. The van der Waals surface area contributed by atoms with Gasteiger partial charge in [0.25, 0.3) is 11.7 Å². The number of nitrogens with one attached hydrogen (secondary N) is 1. The molecule has 1 aromatic heterocycles. The molecule has 17 heavy (non-hydrogen) atoms. The molecule has 88 valence electrons. The summed E-state index contributed by atoms with van der Waals surface area (Å²) in [5.74, 6) is 0. The fraction of sp³-hybridized carbons (Fsp3) is 0.364. The molecular weight excluding hydrogens is 222 g/mol. The summed E-state index contributed by atoms with van der Waals surface area (Å²) < 4.78 is 5.45. The highest BCUT2D eigenvalue weighted by molar-refractivity contribution is 5.84. The zero-order chi connectivity index (χ0) is 12.0. The van der Waals surface area contributed by atoms with E-state index in [1.807, 2.05) is 0 Å². The first-order chi connectivity index (χ1) is 8.07. The lowest BCUT2D eigenvalue weighted by atomic mass is 10.3. The number of benzene rings is 1. The molecule has 3 rings (SSSR count). The highest BCUT2D eigenvalue weighted by Gasteiger charge is 2.38. The SMILES string of the molecule is CC1(Nc2nc3c([N+](=O)[O-])cccc3o2)CC1. The fourth-order valence-corrected chi connectivity index (χ4v) is 1.71. The van der Waals surface area contributed by atoms with Gasteiger partial charge in [-0.3, -0.25) is 10.1 Å². The topological polar surface area (TPSA) is 81.2 Å². The lowest BCUT2D eigenvalue weighted by Crippen LogP contribution is -2.15. The van der Waals surface area contributed by atoms with Crippen molar-refractivity contribution in [2.75, 3.05) is 5.32 Å². The van der Waals surface area contributed by atoms with Crippen LogP contribution in [0.4, 0.5) is 11.7 Å². The summed E-state index contributed by atoms with van der Waals surface area (Å²) in [7, 11) is 0. The monoisotopic (exact) mass is 233 g/mol. The number of anilines is 1. The van der Waals surface area contributed by atoms with Crippen LogP contribution in [0, 0.1) is 10.1 Å². The molecule has 0 spiro atoms. The van der Waals surface area contributed by atoms with Crippen LogP contribution in [-0.2, 0) is 0 Å². The molecule has 0 saturated heterocycles. The Morgan fingerprint density at radius 2 is 2.29 bits per heavy atom. The van der Waals surface area contributed by atoms with E-state index in [0.29, 0.717) is 17.1 Å². The molecule has 1 aliphatic carbocycles. The summed E-state index contributed by atoms with van der Waals surface area (Å²) in [6, 6.07) is 5.05. The third-order valence-electron chi connectivity index (χ3n) is 3.00. The lowest BCUT2D eigenvalue weighted by molar-refractivity contribution is -0.383. The molecule has 1 aromatic carbocycles. The number of fused-ring (bicyclic) bond motifs is 1. The Balaban J connectivity index is 2.05. The first-order valence-corrected chi connectivity index (χ1v) is 5.40. The molecule has 6 nitrogen and oxygen atoms in total. The molecule has 1 aliphatic rings. The first-order valence-electron chi connectivity index (χ1n) is 5.40. The molecule has 1 heterocycles. The predicted molar refractivity (Wildman–Crippen MR) is 61.9 cm³/mol. The van der Waals surface area contributed by atoms with Crippen LogP contribution in [0.15, 0.2) is 22.6 Å². The Bertz CT molecular complexity index is 601. The lowest BCUT2D eigenvalue weighted by Gasteiger charge is -2.06. The van der Waals surface area contributed by atoms with Crippen molar-refractivity contribution in [3.63, 3.8) is 0 Å². The molecule has 0 bridgehead atoms. The summed E-state index contributed by atoms with van der Waals surface area (Å²) in [6.07, 6.45) is 2.13. The van der Waals surface area contributed by atoms with Crippen molar-refractivity contribution in [2.45, 2.75) is 25.3 Å². The highest BCUT2D eigenvalue weighted by atomic mass is 16.6. The van der Waals surface area contributed by atoms with E-state index in [-0.39, 0.29) is 11.2 Å². The molecular formula is C11H11N3O3. The van der Waals surface area contributed by atoms with Gasteiger partial charge >= 0.3 is 0 Å². The molecule has 1 saturated carbocycles. The van der Waals surface area contributed by atoms with E-state index in [1.54, 1.807) is 12.1 Å². The molecule has 1 fully saturated rings. The largest absolute Gasteiger partial charge is 0.423 e. The number of para-hydroxylation sites is 1. The maximum atomic E-state index is 10.8. The van der Waals surface area contributed by atoms with Crippen molar-refractivity contribution in [1.82, 2.24) is 4.98 Å². The Labute approximate surface area is 96.8 Å². The summed E-state index contributed by atoms with van der Waals surface area (Å²) in [5, 5.41) is 14.0. The van der Waals surface area contributed by atoms with Gasteiger partial charge < -0.3 is 9.73 Å². The minimum Gasteiger partial charge on any atom is -0.423 e. The van der Waals surface area contributed by atoms with Crippen LogP contribution in [0.2, 0.25) is 0 Å². The minimum atomic E-state index is -0.451. The van der Waals surface area contributed by atoms with Crippen molar-refractivity contribution < 1.29 is 9.34 Å². The molecule has 0 amide bonds. The van der Waals surface area contributed by atoms with Crippen LogP contribution in [0.1, 0.15) is 19.8 Å². The quantitative estimate of drug-likeness (QED) is 0.651. The van der Waals surface area contributed by atoms with E-state index >= 15 is 0 Å². The van der Waals surface area contributed by atoms with E-state index in [2.05, 4.69) is 17.2 Å².